The summed E-state index contributed by atoms with van der Waals surface area (Å²) < 4.78 is 2.32. The van der Waals surface area contributed by atoms with Gasteiger partial charge in [-0.1, -0.05) is 84.4 Å². The lowest BCUT2D eigenvalue weighted by molar-refractivity contribution is -0.183. The topological polar surface area (TPSA) is 198 Å². The number of aliphatic imine (C=N–C) groups is 1. The third-order valence-corrected chi connectivity index (χ3v) is 24.2. The van der Waals surface area contributed by atoms with Gasteiger partial charge < -0.3 is 46.5 Å². The van der Waals surface area contributed by atoms with Crippen molar-refractivity contribution < 1.29 is 30.3 Å². The third kappa shape index (κ3) is 7.52. The van der Waals surface area contributed by atoms with Crippen LogP contribution in [-0.4, -0.2) is 109 Å². The van der Waals surface area contributed by atoms with E-state index in [9.17, 15) is 25.5 Å². The van der Waals surface area contributed by atoms with Crippen molar-refractivity contribution in [3.63, 3.8) is 0 Å². The molecule has 9 aliphatic carbocycles. The molecule has 1 spiro atoms. The van der Waals surface area contributed by atoms with E-state index in [0.717, 1.165) is 49.9 Å². The normalized spacial score (nSPS) is 45.8. The van der Waals surface area contributed by atoms with Crippen LogP contribution in [0, 0.1) is 80.8 Å². The molecule has 1 aromatic heterocycles. The molecule has 386 valence electrons. The Morgan fingerprint density at radius 3 is 2.44 bits per heavy atom. The Labute approximate surface area is 424 Å². The number of carbonyl (C=O) groups is 1. The van der Waals surface area contributed by atoms with Crippen LogP contribution in [0.4, 0.5) is 0 Å². The Morgan fingerprint density at radius 1 is 0.971 bits per heavy atom. The van der Waals surface area contributed by atoms with Crippen LogP contribution in [0.1, 0.15) is 137 Å². The molecular weight excluding hydrogens is 917 g/mol. The summed E-state index contributed by atoms with van der Waals surface area (Å²) in [6, 6.07) is 0.178. The zero-order valence-corrected chi connectivity index (χ0v) is 44.4. The lowest BCUT2D eigenvalue weighted by atomic mass is 9.41. The maximum atomic E-state index is 15.2. The molecule has 0 radical (unpaired) electrons. The lowest BCUT2D eigenvalue weighted by Gasteiger charge is -2.65. The molecule has 18 atom stereocenters. The third-order valence-electron chi connectivity index (χ3n) is 21.7. The predicted octanol–water partition coefficient (Wildman–Crippen LogP) is 7.34. The highest BCUT2D eigenvalue weighted by Crippen LogP contribution is 2.74. The first kappa shape index (κ1) is 50.0. The largest absolute Gasteiger partial charge is 0.392 e. The molecule has 70 heavy (non-hydrogen) atoms. The van der Waals surface area contributed by atoms with Crippen LogP contribution < -0.4 is 16.4 Å². The minimum atomic E-state index is -1.39. The summed E-state index contributed by atoms with van der Waals surface area (Å²) in [7, 11) is 5.57. The molecule has 7 fully saturated rings. The highest BCUT2D eigenvalue weighted by molar-refractivity contribution is 8.76. The molecule has 1 saturated heterocycles. The van der Waals surface area contributed by atoms with Gasteiger partial charge in [-0.25, -0.2) is 4.98 Å². The zero-order chi connectivity index (χ0) is 49.3. The average molecular weight is 1000 g/mol. The van der Waals surface area contributed by atoms with Crippen molar-refractivity contribution in [2.24, 2.45) is 91.6 Å². The number of aliphatic hydroxyl groups is 5. The van der Waals surface area contributed by atoms with Crippen molar-refractivity contribution in [2.75, 3.05) is 31.6 Å². The molecule has 9 N–H and O–H groups in total. The van der Waals surface area contributed by atoms with Crippen LogP contribution in [-0.2, 0) is 4.79 Å². The number of fused-ring (bicyclic) bond motifs is 14. The molecule has 0 unspecified atom stereocenters. The van der Waals surface area contributed by atoms with E-state index in [4.69, 9.17) is 10.7 Å². The Bertz CT molecular complexity index is 2310. The van der Waals surface area contributed by atoms with E-state index < -0.39 is 52.8 Å². The van der Waals surface area contributed by atoms with E-state index in [1.807, 2.05) is 41.2 Å². The van der Waals surface area contributed by atoms with Gasteiger partial charge in [-0.15, -0.1) is 0 Å². The monoisotopic (exact) mass is 1000 g/mol. The van der Waals surface area contributed by atoms with E-state index in [1.54, 1.807) is 35.3 Å². The smallest absolute Gasteiger partial charge is 0.190 e. The summed E-state index contributed by atoms with van der Waals surface area (Å²) in [6.45, 7) is 11.7. The van der Waals surface area contributed by atoms with Gasteiger partial charge in [0.2, 0.25) is 0 Å². The molecule has 2 heterocycles. The number of aromatic nitrogens is 2. The fourth-order valence-corrected chi connectivity index (χ4v) is 22.3. The molecule has 12 nitrogen and oxygen atoms in total. The molecule has 6 saturated carbocycles. The average Bonchev–Trinajstić information content (AvgIpc) is 4.06. The fraction of sp³-hybridized carbons (Fsp3) is 0.804. The first-order chi connectivity index (χ1) is 33.4. The second-order valence-electron chi connectivity index (χ2n) is 25.7. The van der Waals surface area contributed by atoms with Crippen molar-refractivity contribution in [3.05, 3.63) is 52.7 Å². The van der Waals surface area contributed by atoms with Gasteiger partial charge in [-0.2, -0.15) is 0 Å². The van der Waals surface area contributed by atoms with E-state index in [0.29, 0.717) is 42.5 Å². The summed E-state index contributed by atoms with van der Waals surface area (Å²) in [5.74, 6) is 0.452. The number of nitrogens with one attached hydrogen (secondary N) is 2. The van der Waals surface area contributed by atoms with Crippen LogP contribution >= 0.6 is 21.6 Å². The van der Waals surface area contributed by atoms with Gasteiger partial charge >= 0.3 is 0 Å². The Balaban J connectivity index is 1.09. The molecule has 1 aromatic rings. The highest BCUT2D eigenvalue weighted by Gasteiger charge is 2.74. The minimum absolute atomic E-state index is 0.0472. The number of guanidine groups is 1. The summed E-state index contributed by atoms with van der Waals surface area (Å²) in [4.78, 5) is 24.7. The minimum Gasteiger partial charge on any atom is -0.392 e. The zero-order valence-electron chi connectivity index (χ0n) is 42.8. The van der Waals surface area contributed by atoms with Crippen molar-refractivity contribution in [2.45, 2.75) is 167 Å². The standard InChI is InChI=1S/C56H84N6O6S2/c1-30(63)61-51(57)60-25-32-22-54(5)39-20-33(56(54,68)40-21-41(64)47-38(26-58-6)49(66)42(65)24-53(47,4)45(32)40)27-69-70-28-34(62-18-17-59-29-62)23-52(2,3)48-36-13-10-16-55(14-7-8-15-55)46(36)35-12-9-11-31-19-37(39)50(67)44(48)43(31)35/h17-18,21,29-34,37-39,42,44-47,49-50,58,63,65-68H,7-16,19-20,22-28H2,1-6H3,(H3,57,60,61)/t30-,31+,32-,33-,34+,37+,38+,39-,42+,44-,45+,46-,47+,49-,50+,53-,54-,56-/m1/s1. The van der Waals surface area contributed by atoms with Gasteiger partial charge in [0.05, 0.1) is 30.2 Å². The van der Waals surface area contributed by atoms with Gasteiger partial charge in [0.15, 0.2) is 11.7 Å². The molecule has 4 bridgehead atoms. The molecule has 14 heteroatoms. The molecule has 0 amide bonds. The number of ketones is 1. The molecular formula is C56H84N6O6S2. The SMILES string of the molecule is CNC[C@@H]1[C@@H](O)[C@@H](O)C[C@]2(C)[C@@H]3C(=CC(=O)[C@H]12)[C@]1(O)[C@H]2CSSC[C@@H](n4ccnc4)CC(C)(C)C4=C5CCCC6(CCCC6)[C@@H]5C5=C6[C@@H](CCC5)C[C@H]([C@H](O)[C@H]64)[C@@H](C2)[C@@]1(C)C[C@@H]3CN=C(N)N[C@@H](C)O. The second-order valence-corrected chi connectivity index (χ2v) is 28.3. The molecule has 1 aliphatic heterocycles. The number of rotatable bonds is 6. The number of nitrogens with zero attached hydrogens (tertiary/aromatic N) is 3. The van der Waals surface area contributed by atoms with Gasteiger partial charge in [0, 0.05) is 78.0 Å². The number of carbonyl (C=O) groups excluding carboxylic acids is 1. The van der Waals surface area contributed by atoms with Gasteiger partial charge in [-0.05, 0) is 155 Å². The summed E-state index contributed by atoms with van der Waals surface area (Å²) >= 11 is 0. The van der Waals surface area contributed by atoms with Crippen molar-refractivity contribution in [1.82, 2.24) is 20.2 Å². The molecule has 0 aromatic carbocycles. The number of aliphatic hydroxyl groups excluding tert-OH is 4. The fourth-order valence-electron chi connectivity index (χ4n) is 19.6. The number of hydrogen-bond acceptors (Lipinski definition) is 11. The van der Waals surface area contributed by atoms with Crippen molar-refractivity contribution in [3.8, 4) is 0 Å². The molecule has 11 rings (SSSR count). The second kappa shape index (κ2) is 18.3. The van der Waals surface area contributed by atoms with Crippen LogP contribution in [0.2, 0.25) is 0 Å². The van der Waals surface area contributed by atoms with E-state index in [1.165, 1.54) is 44.9 Å². The predicted molar refractivity (Wildman–Crippen MR) is 278 cm³/mol. The van der Waals surface area contributed by atoms with Crippen LogP contribution in [0.25, 0.3) is 0 Å². The quantitative estimate of drug-likeness (QED) is 0.0465. The summed E-state index contributed by atoms with van der Waals surface area (Å²) in [6.07, 6.45) is 20.0. The van der Waals surface area contributed by atoms with Gasteiger partial charge in [0.1, 0.15) is 6.23 Å². The van der Waals surface area contributed by atoms with Crippen molar-refractivity contribution >= 4 is 33.3 Å². The number of imidazole rings is 1. The maximum Gasteiger partial charge on any atom is 0.190 e. The Kier molecular flexibility index (Phi) is 13.1. The first-order valence-electron chi connectivity index (χ1n) is 27.5. The highest BCUT2D eigenvalue weighted by atomic mass is 33.1. The van der Waals surface area contributed by atoms with Crippen molar-refractivity contribution in [1.29, 1.82) is 0 Å². The van der Waals surface area contributed by atoms with E-state index in [2.05, 4.69) is 54.1 Å². The number of allylic oxidation sites excluding steroid dienone is 3. The van der Waals surface area contributed by atoms with E-state index in [-0.39, 0.29) is 65.1 Å². The van der Waals surface area contributed by atoms with Crippen LogP contribution in [0.3, 0.4) is 0 Å². The molecule has 10 aliphatic rings. The summed E-state index contributed by atoms with van der Waals surface area (Å²) in [5.41, 5.74) is 11.0. The Hall–Kier alpha value is -2.17. The summed E-state index contributed by atoms with van der Waals surface area (Å²) in [5, 5.41) is 68.2. The van der Waals surface area contributed by atoms with Crippen LogP contribution in [0.5, 0.6) is 0 Å². The maximum absolute atomic E-state index is 15.2. The van der Waals surface area contributed by atoms with E-state index >= 15 is 4.79 Å². The van der Waals surface area contributed by atoms with Gasteiger partial charge in [0.25, 0.3) is 0 Å². The number of nitrogens with two attached hydrogens (primary N) is 1. The Morgan fingerprint density at radius 2 is 1.71 bits per heavy atom. The first-order valence-corrected chi connectivity index (χ1v) is 30.0. The van der Waals surface area contributed by atoms with Crippen LogP contribution in [0.15, 0.2) is 57.7 Å². The van der Waals surface area contributed by atoms with Gasteiger partial charge in [-0.3, -0.25) is 9.79 Å². The lowest BCUT2D eigenvalue weighted by Crippen LogP contribution is -2.67. The number of hydrogen-bond donors (Lipinski definition) is 8.